The summed E-state index contributed by atoms with van der Waals surface area (Å²) in [5.41, 5.74) is 8.36. The first-order valence-electron chi connectivity index (χ1n) is 4.21. The van der Waals surface area contributed by atoms with Crippen molar-refractivity contribution in [1.82, 2.24) is 10.7 Å². The monoisotopic (exact) mass is 202 g/mol. The fourth-order valence-corrected chi connectivity index (χ4v) is 0.549. The quantitative estimate of drug-likeness (QED) is 0.246. The largest absolute Gasteiger partial charge is 0.480 e. The molecular weight excluding hydrogens is 190 g/mol. The Morgan fingerprint density at radius 3 is 2.57 bits per heavy atom. The molecule has 0 saturated heterocycles. The summed E-state index contributed by atoms with van der Waals surface area (Å²) in [7, 11) is 0. The minimum atomic E-state index is -1.18. The number of hydrogen-bond donors (Lipinski definition) is 3. The predicted octanol–water partition coefficient (Wildman–Crippen LogP) is -0.221. The number of nitrogens with zero attached hydrogens (tertiary/aromatic N) is 3. The summed E-state index contributed by atoms with van der Waals surface area (Å²) in [5, 5.41) is 13.5. The van der Waals surface area contributed by atoms with Gasteiger partial charge in [0.1, 0.15) is 6.04 Å². The number of azide groups is 1. The molecule has 0 aromatic carbocycles. The Hall–Kier alpha value is -1.95. The summed E-state index contributed by atoms with van der Waals surface area (Å²) >= 11 is 0. The van der Waals surface area contributed by atoms with Gasteiger partial charge in [0.2, 0.25) is 0 Å². The molecule has 0 bridgehead atoms. The van der Waals surface area contributed by atoms with Crippen molar-refractivity contribution in [2.75, 3.05) is 0 Å². The highest BCUT2D eigenvalue weighted by Gasteiger charge is 2.19. The van der Waals surface area contributed by atoms with Crippen LogP contribution in [0.5, 0.6) is 0 Å². The van der Waals surface area contributed by atoms with Gasteiger partial charge in [-0.05, 0) is 19.1 Å². The van der Waals surface area contributed by atoms with E-state index in [9.17, 15) is 9.59 Å². The average Bonchev–Trinajstić information content (AvgIpc) is 2.16. The fraction of sp³-hybridized carbons (Fsp3) is 0.667. The topological polar surface area (TPSA) is 127 Å². The lowest BCUT2D eigenvalue weighted by Gasteiger charge is -2.11. The molecule has 0 rings (SSSR count). The van der Waals surface area contributed by atoms with Crippen molar-refractivity contribution in [2.45, 2.75) is 25.9 Å². The van der Waals surface area contributed by atoms with E-state index < -0.39 is 24.0 Å². The Labute approximate surface area is 81.3 Å². The Kier molecular flexibility index (Phi) is 4.09. The van der Waals surface area contributed by atoms with Gasteiger partial charge in [0.15, 0.2) is 6.04 Å². The lowest BCUT2D eigenvalue weighted by Crippen LogP contribution is -2.46. The summed E-state index contributed by atoms with van der Waals surface area (Å²) in [6.07, 6.45) is 0. The van der Waals surface area contributed by atoms with Crippen LogP contribution in [-0.4, -0.2) is 29.1 Å². The first-order valence-corrected chi connectivity index (χ1v) is 3.76. The third-order valence-corrected chi connectivity index (χ3v) is 1.37. The van der Waals surface area contributed by atoms with Crippen LogP contribution in [0.2, 0.25) is 1.41 Å². The van der Waals surface area contributed by atoms with Gasteiger partial charge in [0.25, 0.3) is 5.91 Å². The molecule has 0 aliphatic carbocycles. The summed E-state index contributed by atoms with van der Waals surface area (Å²) < 4.78 is 7.06. The SMILES string of the molecule is [2H]N(N=[N+]=[N-])[C@H](C)C(=O)N[C@@H](C)C(=O)O. The van der Waals surface area contributed by atoms with Gasteiger partial charge in [-0.2, -0.15) is 4.91 Å². The van der Waals surface area contributed by atoms with E-state index in [1.54, 1.807) is 0 Å². The number of hydrogen-bond acceptors (Lipinski definition) is 3. The van der Waals surface area contributed by atoms with E-state index in [4.69, 9.17) is 12.0 Å². The predicted molar refractivity (Wildman–Crippen MR) is 47.0 cm³/mol. The lowest BCUT2D eigenvalue weighted by molar-refractivity contribution is -0.141. The summed E-state index contributed by atoms with van der Waals surface area (Å²) in [4.78, 5) is 24.0. The second-order valence-corrected chi connectivity index (χ2v) is 2.54. The maximum absolute atomic E-state index is 11.3. The Morgan fingerprint density at radius 2 is 2.14 bits per heavy atom. The van der Waals surface area contributed by atoms with Crippen LogP contribution in [0.15, 0.2) is 5.22 Å². The zero-order valence-corrected chi connectivity index (χ0v) is 7.71. The first-order chi connectivity index (χ1) is 6.90. The van der Waals surface area contributed by atoms with E-state index in [-0.39, 0.29) is 0 Å². The minimum absolute atomic E-state index is 0.351. The zero-order valence-electron chi connectivity index (χ0n) is 8.71. The number of nitrogens with one attached hydrogen (secondary N) is 2. The third-order valence-electron chi connectivity index (χ3n) is 1.37. The van der Waals surface area contributed by atoms with Gasteiger partial charge < -0.3 is 10.4 Å². The van der Waals surface area contributed by atoms with Crippen LogP contribution in [0.1, 0.15) is 13.8 Å². The van der Waals surface area contributed by atoms with E-state index in [0.29, 0.717) is 5.42 Å². The van der Waals surface area contributed by atoms with Crippen molar-refractivity contribution in [3.05, 3.63) is 10.4 Å². The average molecular weight is 202 g/mol. The Bertz CT molecular complexity index is 303. The molecule has 2 atom stereocenters. The molecule has 78 valence electrons. The van der Waals surface area contributed by atoms with Gasteiger partial charge in [0, 0.05) is 0 Å². The maximum atomic E-state index is 11.3. The third kappa shape index (κ3) is 4.17. The van der Waals surface area contributed by atoms with E-state index in [0.717, 1.165) is 0 Å². The molecule has 0 unspecified atom stereocenters. The van der Waals surface area contributed by atoms with Crippen molar-refractivity contribution in [3.8, 4) is 0 Å². The molecule has 0 aromatic rings. The fourth-order valence-electron chi connectivity index (χ4n) is 0.549. The van der Waals surface area contributed by atoms with Crippen LogP contribution < -0.4 is 10.7 Å². The number of rotatable bonds is 5. The van der Waals surface area contributed by atoms with Crippen molar-refractivity contribution in [3.63, 3.8) is 0 Å². The minimum Gasteiger partial charge on any atom is -0.480 e. The summed E-state index contributed by atoms with van der Waals surface area (Å²) in [6.45, 7) is 2.60. The molecule has 0 spiro atoms. The van der Waals surface area contributed by atoms with Crippen molar-refractivity contribution in [2.24, 2.45) is 5.22 Å². The molecule has 0 aliphatic heterocycles. The van der Waals surface area contributed by atoms with Crippen molar-refractivity contribution in [1.29, 1.82) is 0 Å². The van der Waals surface area contributed by atoms with Crippen LogP contribution in [0, 0.1) is 0 Å². The van der Waals surface area contributed by atoms with Crippen molar-refractivity contribution < 1.29 is 16.1 Å². The molecule has 14 heavy (non-hydrogen) atoms. The molecule has 0 saturated carbocycles. The molecule has 1 amide bonds. The van der Waals surface area contributed by atoms with Crippen LogP contribution in [0.3, 0.4) is 0 Å². The Balaban J connectivity index is 4.33. The summed E-state index contributed by atoms with van der Waals surface area (Å²) in [6, 6.07) is -2.11. The zero-order chi connectivity index (χ0) is 12.0. The number of carboxylic acid groups (broad SMARTS) is 1. The van der Waals surface area contributed by atoms with Crippen LogP contribution in [0.4, 0.5) is 0 Å². The standard InChI is InChI=1S/C6H11N5O3/c1-3(9-11-10-7)5(12)8-4(2)6(13)14/h3-4,9H,1-2H3,(H,8,12)(H,13,14)/t3-,4+/m1/s1/i/hD. The lowest BCUT2D eigenvalue weighted by atomic mass is 10.3. The summed E-state index contributed by atoms with van der Waals surface area (Å²) in [5.74, 6) is -1.89. The van der Waals surface area contributed by atoms with Crippen molar-refractivity contribution >= 4 is 11.9 Å². The van der Waals surface area contributed by atoms with Crippen LogP contribution in [-0.2, 0) is 9.59 Å². The number of carboxylic acids is 1. The van der Waals surface area contributed by atoms with E-state index in [1.165, 1.54) is 13.8 Å². The Morgan fingerprint density at radius 1 is 1.57 bits per heavy atom. The smallest absolute Gasteiger partial charge is 0.325 e. The van der Waals surface area contributed by atoms with Crippen LogP contribution in [0.25, 0.3) is 10.4 Å². The van der Waals surface area contributed by atoms with E-state index >= 15 is 0 Å². The molecule has 0 aromatic heterocycles. The molecule has 0 radical (unpaired) electrons. The second kappa shape index (κ2) is 5.65. The molecule has 0 heterocycles. The number of carbonyl (C=O) groups is 2. The molecule has 0 fully saturated rings. The van der Waals surface area contributed by atoms with Gasteiger partial charge >= 0.3 is 7.38 Å². The second-order valence-electron chi connectivity index (χ2n) is 2.54. The highest BCUT2D eigenvalue weighted by atomic mass is 16.4. The maximum Gasteiger partial charge on any atom is 0.325 e. The normalized spacial score (nSPS) is 14.3. The first kappa shape index (κ1) is 10.1. The van der Waals surface area contributed by atoms with Gasteiger partial charge in [0.05, 0.1) is 0 Å². The van der Waals surface area contributed by atoms with Gasteiger partial charge in [-0.25, -0.2) is 5.42 Å². The molecular formula is C6H11N5O3. The molecule has 3 N–H and O–H groups in total. The highest BCUT2D eigenvalue weighted by Crippen LogP contribution is 1.86. The number of carbonyl (C=O) groups excluding carboxylic acids is 1. The number of aliphatic carboxylic acids is 1. The molecule has 0 aliphatic rings. The number of amides is 1. The highest BCUT2D eigenvalue weighted by molar-refractivity contribution is 5.86. The molecule has 8 heteroatoms. The van der Waals surface area contributed by atoms with Gasteiger partial charge in [-0.15, -0.1) is 5.53 Å². The van der Waals surface area contributed by atoms with Gasteiger partial charge in [-0.3, -0.25) is 9.59 Å². The van der Waals surface area contributed by atoms with E-state index in [1.807, 2.05) is 0 Å². The van der Waals surface area contributed by atoms with Gasteiger partial charge in [-0.1, -0.05) is 0 Å². The van der Waals surface area contributed by atoms with E-state index in [2.05, 4.69) is 15.5 Å². The van der Waals surface area contributed by atoms with Crippen LogP contribution >= 0.6 is 0 Å². The molecule has 8 nitrogen and oxygen atoms in total.